The molecule has 0 bridgehead atoms. The summed E-state index contributed by atoms with van der Waals surface area (Å²) in [6.07, 6.45) is 7.36. The molecule has 24 heavy (non-hydrogen) atoms. The van der Waals surface area contributed by atoms with E-state index in [1.807, 2.05) is 0 Å². The lowest BCUT2D eigenvalue weighted by Crippen LogP contribution is -2.58. The number of ketones is 2. The number of hydrogen-bond acceptors (Lipinski definition) is 3. The van der Waals surface area contributed by atoms with Crippen LogP contribution >= 0.6 is 0 Å². The van der Waals surface area contributed by atoms with Gasteiger partial charge in [-0.1, -0.05) is 13.8 Å². The second-order valence-electron chi connectivity index (χ2n) is 9.76. The minimum Gasteiger partial charge on any atom is -0.393 e. The molecule has 0 heterocycles. The number of carbonyl (C=O) groups is 2. The van der Waals surface area contributed by atoms with E-state index in [2.05, 4.69) is 13.8 Å². The minimum atomic E-state index is -0.367. The number of carbonyl (C=O) groups excluding carboxylic acids is 2. The normalized spacial score (nSPS) is 53.9. The van der Waals surface area contributed by atoms with Crippen molar-refractivity contribution in [1.82, 2.24) is 0 Å². The molecule has 3 heteroatoms. The highest BCUT2D eigenvalue weighted by molar-refractivity contribution is 5.80. The van der Waals surface area contributed by atoms with Gasteiger partial charge < -0.3 is 5.11 Å². The zero-order valence-electron chi connectivity index (χ0n) is 15.4. The molecule has 4 saturated carbocycles. The Labute approximate surface area is 145 Å². The summed E-state index contributed by atoms with van der Waals surface area (Å²) in [5, 5.41) is 11.1. The predicted molar refractivity (Wildman–Crippen MR) is 92.3 cm³/mol. The Morgan fingerprint density at radius 3 is 2.58 bits per heavy atom. The second-order valence-corrected chi connectivity index (χ2v) is 9.76. The molecule has 4 fully saturated rings. The molecular formula is C21H32O3. The van der Waals surface area contributed by atoms with Crippen molar-refractivity contribution >= 4 is 11.6 Å². The number of aliphatic hydroxyl groups excluding tert-OH is 1. The van der Waals surface area contributed by atoms with Crippen molar-refractivity contribution in [3.8, 4) is 0 Å². The first-order valence-corrected chi connectivity index (χ1v) is 9.98. The third-order valence-corrected chi connectivity index (χ3v) is 9.08. The van der Waals surface area contributed by atoms with Gasteiger partial charge in [-0.25, -0.2) is 0 Å². The van der Waals surface area contributed by atoms with E-state index in [0.717, 1.165) is 44.9 Å². The maximum atomic E-state index is 12.2. The van der Waals surface area contributed by atoms with Gasteiger partial charge in [-0.15, -0.1) is 0 Å². The quantitative estimate of drug-likeness (QED) is 0.795. The van der Waals surface area contributed by atoms with Gasteiger partial charge in [0.2, 0.25) is 0 Å². The van der Waals surface area contributed by atoms with Crippen molar-refractivity contribution in [1.29, 1.82) is 0 Å². The van der Waals surface area contributed by atoms with E-state index >= 15 is 0 Å². The molecule has 1 N–H and O–H groups in total. The lowest BCUT2D eigenvalue weighted by Gasteiger charge is -2.61. The summed E-state index contributed by atoms with van der Waals surface area (Å²) in [7, 11) is 0. The molecule has 0 aromatic rings. The summed E-state index contributed by atoms with van der Waals surface area (Å²) in [6.45, 7) is 6.30. The number of aliphatic hydroxyl groups is 1. The fraction of sp³-hybridized carbons (Fsp3) is 0.905. The van der Waals surface area contributed by atoms with Crippen molar-refractivity contribution in [2.75, 3.05) is 0 Å². The Morgan fingerprint density at radius 2 is 1.88 bits per heavy atom. The summed E-state index contributed by atoms with van der Waals surface area (Å²) in [5.41, 5.74) is -0.00582. The van der Waals surface area contributed by atoms with E-state index in [-0.39, 0.29) is 28.6 Å². The summed E-state index contributed by atoms with van der Waals surface area (Å²) < 4.78 is 0. The first-order valence-electron chi connectivity index (χ1n) is 9.98. The molecule has 0 saturated heterocycles. The molecule has 4 aliphatic carbocycles. The van der Waals surface area contributed by atoms with E-state index in [4.69, 9.17) is 0 Å². The molecular weight excluding hydrogens is 300 g/mol. The number of Topliss-reactive ketones (excluding diaryl/α,β-unsaturated/α-hetero) is 2. The van der Waals surface area contributed by atoms with E-state index in [0.29, 0.717) is 29.5 Å². The van der Waals surface area contributed by atoms with Crippen molar-refractivity contribution in [2.24, 2.45) is 40.4 Å². The predicted octanol–water partition coefficient (Wildman–Crippen LogP) is 3.77. The van der Waals surface area contributed by atoms with Crippen LogP contribution in [0, 0.1) is 40.4 Å². The number of hydrogen-bond donors (Lipinski definition) is 1. The maximum absolute atomic E-state index is 12.2. The van der Waals surface area contributed by atoms with Crippen LogP contribution in [0.3, 0.4) is 0 Å². The standard InChI is InChI=1S/C21H32O3/c1-12(22)16-6-7-17-15-5-4-13-10-14(23)8-9-20(13,2)18(15)11-19(24)21(16,17)3/h13,15-19,24H,4-11H2,1-3H3/t13-,15+,16-,17+,18+,19+,20+,21-/m1/s1. The second kappa shape index (κ2) is 5.40. The van der Waals surface area contributed by atoms with Crippen LogP contribution in [0.2, 0.25) is 0 Å². The SMILES string of the molecule is CC(=O)[C@H]1CC[C@H]2[C@@H]3CC[C@@H]4CC(=O)CC[C@]4(C)[C@H]3C[C@H](O)[C@]12C. The molecule has 0 aromatic heterocycles. The summed E-state index contributed by atoms with van der Waals surface area (Å²) >= 11 is 0. The highest BCUT2D eigenvalue weighted by atomic mass is 16.3. The highest BCUT2D eigenvalue weighted by Crippen LogP contribution is 2.67. The zero-order chi connectivity index (χ0) is 17.3. The average Bonchev–Trinajstić information content (AvgIpc) is 2.88. The third-order valence-electron chi connectivity index (χ3n) is 9.08. The highest BCUT2D eigenvalue weighted by Gasteiger charge is 2.63. The van der Waals surface area contributed by atoms with Crippen LogP contribution in [-0.4, -0.2) is 22.8 Å². The van der Waals surface area contributed by atoms with E-state index in [1.165, 1.54) is 6.42 Å². The third kappa shape index (κ3) is 2.06. The Kier molecular flexibility index (Phi) is 3.77. The van der Waals surface area contributed by atoms with Crippen molar-refractivity contribution in [3.63, 3.8) is 0 Å². The van der Waals surface area contributed by atoms with Crippen LogP contribution in [0.1, 0.15) is 72.1 Å². The van der Waals surface area contributed by atoms with Gasteiger partial charge in [0.15, 0.2) is 0 Å². The molecule has 4 rings (SSSR count). The molecule has 8 atom stereocenters. The smallest absolute Gasteiger partial charge is 0.133 e. The van der Waals surface area contributed by atoms with Gasteiger partial charge in [0.05, 0.1) is 6.10 Å². The van der Waals surface area contributed by atoms with Crippen molar-refractivity contribution in [3.05, 3.63) is 0 Å². The summed E-state index contributed by atoms with van der Waals surface area (Å²) in [5.74, 6) is 2.91. The summed E-state index contributed by atoms with van der Waals surface area (Å²) in [4.78, 5) is 24.1. The van der Waals surface area contributed by atoms with Gasteiger partial charge in [0.25, 0.3) is 0 Å². The lowest BCUT2D eigenvalue weighted by atomic mass is 9.44. The van der Waals surface area contributed by atoms with Crippen LogP contribution in [0.4, 0.5) is 0 Å². The Hall–Kier alpha value is -0.700. The van der Waals surface area contributed by atoms with Gasteiger partial charge in [-0.05, 0) is 74.5 Å². The maximum Gasteiger partial charge on any atom is 0.133 e. The van der Waals surface area contributed by atoms with Crippen LogP contribution in [0.15, 0.2) is 0 Å². The Morgan fingerprint density at radius 1 is 1.12 bits per heavy atom. The Bertz CT molecular complexity index is 569. The molecule has 0 aliphatic heterocycles. The van der Waals surface area contributed by atoms with Gasteiger partial charge in [-0.3, -0.25) is 9.59 Å². The molecule has 0 amide bonds. The van der Waals surface area contributed by atoms with Crippen LogP contribution < -0.4 is 0 Å². The van der Waals surface area contributed by atoms with Gasteiger partial charge >= 0.3 is 0 Å². The van der Waals surface area contributed by atoms with E-state index < -0.39 is 0 Å². The van der Waals surface area contributed by atoms with E-state index in [9.17, 15) is 14.7 Å². The monoisotopic (exact) mass is 332 g/mol. The van der Waals surface area contributed by atoms with Crippen molar-refractivity contribution < 1.29 is 14.7 Å². The van der Waals surface area contributed by atoms with Crippen LogP contribution in [-0.2, 0) is 9.59 Å². The number of fused-ring (bicyclic) bond motifs is 5. The minimum absolute atomic E-state index is 0.0388. The largest absolute Gasteiger partial charge is 0.393 e. The van der Waals surface area contributed by atoms with Gasteiger partial charge in [0, 0.05) is 24.2 Å². The first-order chi connectivity index (χ1) is 11.3. The lowest BCUT2D eigenvalue weighted by molar-refractivity contribution is -0.170. The fourth-order valence-corrected chi connectivity index (χ4v) is 7.67. The van der Waals surface area contributed by atoms with Gasteiger partial charge in [0.1, 0.15) is 11.6 Å². The van der Waals surface area contributed by atoms with Gasteiger partial charge in [-0.2, -0.15) is 0 Å². The first kappa shape index (κ1) is 16.8. The number of rotatable bonds is 1. The zero-order valence-corrected chi connectivity index (χ0v) is 15.4. The van der Waals surface area contributed by atoms with Crippen molar-refractivity contribution in [2.45, 2.75) is 78.2 Å². The topological polar surface area (TPSA) is 54.4 Å². The molecule has 4 aliphatic rings. The molecule has 134 valence electrons. The molecule has 3 nitrogen and oxygen atoms in total. The van der Waals surface area contributed by atoms with E-state index in [1.54, 1.807) is 6.92 Å². The average molecular weight is 332 g/mol. The molecule has 0 unspecified atom stereocenters. The molecule has 0 spiro atoms. The Balaban J connectivity index is 1.67. The summed E-state index contributed by atoms with van der Waals surface area (Å²) in [6, 6.07) is 0. The fourth-order valence-electron chi connectivity index (χ4n) is 7.67. The molecule has 0 aromatic carbocycles. The molecule has 0 radical (unpaired) electrons. The van der Waals surface area contributed by atoms with Crippen LogP contribution in [0.25, 0.3) is 0 Å². The van der Waals surface area contributed by atoms with Crippen LogP contribution in [0.5, 0.6) is 0 Å².